The van der Waals surface area contributed by atoms with Crippen LogP contribution in [0, 0.1) is 12.8 Å². The van der Waals surface area contributed by atoms with Crippen LogP contribution in [0.25, 0.3) is 0 Å². The first-order chi connectivity index (χ1) is 9.68. The largest absolute Gasteiger partial charge is 0.490 e. The molecule has 0 saturated heterocycles. The number of benzene rings is 1. The minimum atomic E-state index is 0.171. The van der Waals surface area contributed by atoms with Gasteiger partial charge >= 0.3 is 0 Å². The minimum absolute atomic E-state index is 0.171. The van der Waals surface area contributed by atoms with Gasteiger partial charge in [0, 0.05) is 5.92 Å². The van der Waals surface area contributed by atoms with Crippen molar-refractivity contribution in [3.63, 3.8) is 0 Å². The van der Waals surface area contributed by atoms with Crippen LogP contribution < -0.4 is 10.1 Å². The summed E-state index contributed by atoms with van der Waals surface area (Å²) in [5.74, 6) is 1.08. The fourth-order valence-electron chi connectivity index (χ4n) is 2.64. The van der Waals surface area contributed by atoms with Crippen molar-refractivity contribution < 1.29 is 9.53 Å². The number of rotatable bonds is 5. The second-order valence-corrected chi connectivity index (χ2v) is 5.77. The lowest BCUT2D eigenvalue weighted by atomic mass is 9.89. The third-order valence-electron chi connectivity index (χ3n) is 3.79. The molecule has 4 heteroatoms. The molecule has 2 rings (SSSR count). The Labute approximate surface area is 125 Å². The molecule has 3 nitrogen and oxygen atoms in total. The van der Waals surface area contributed by atoms with Gasteiger partial charge in [-0.15, -0.1) is 0 Å². The molecule has 20 heavy (non-hydrogen) atoms. The second-order valence-electron chi connectivity index (χ2n) is 5.36. The zero-order valence-electron chi connectivity index (χ0n) is 12.0. The summed E-state index contributed by atoms with van der Waals surface area (Å²) >= 11 is 6.08. The van der Waals surface area contributed by atoms with Crippen molar-refractivity contribution >= 4 is 17.5 Å². The summed E-state index contributed by atoms with van der Waals surface area (Å²) in [5.41, 5.74) is 1.01. The second kappa shape index (κ2) is 7.53. The number of amides is 1. The lowest BCUT2D eigenvalue weighted by molar-refractivity contribution is -0.126. The van der Waals surface area contributed by atoms with Gasteiger partial charge in [0.2, 0.25) is 5.91 Å². The van der Waals surface area contributed by atoms with Crippen LogP contribution in [0.15, 0.2) is 18.2 Å². The van der Waals surface area contributed by atoms with Crippen LogP contribution >= 0.6 is 11.6 Å². The van der Waals surface area contributed by atoms with Gasteiger partial charge in [-0.3, -0.25) is 4.79 Å². The van der Waals surface area contributed by atoms with E-state index >= 15 is 0 Å². The number of hydrogen-bond donors (Lipinski definition) is 1. The van der Waals surface area contributed by atoms with Crippen molar-refractivity contribution in [1.29, 1.82) is 0 Å². The minimum Gasteiger partial charge on any atom is -0.490 e. The average Bonchev–Trinajstić information content (AvgIpc) is 2.46. The van der Waals surface area contributed by atoms with Crippen LogP contribution in [0.3, 0.4) is 0 Å². The molecule has 0 spiro atoms. The number of carbonyl (C=O) groups is 1. The number of ether oxygens (including phenoxy) is 1. The number of nitrogens with one attached hydrogen (secondary N) is 1. The van der Waals surface area contributed by atoms with Gasteiger partial charge in [0.1, 0.15) is 12.4 Å². The highest BCUT2D eigenvalue weighted by Crippen LogP contribution is 2.27. The molecule has 110 valence electrons. The van der Waals surface area contributed by atoms with E-state index in [4.69, 9.17) is 16.3 Å². The Kier molecular flexibility index (Phi) is 5.72. The molecule has 1 saturated carbocycles. The first-order valence-corrected chi connectivity index (χ1v) is 7.72. The van der Waals surface area contributed by atoms with Gasteiger partial charge in [-0.25, -0.2) is 0 Å². The molecule has 0 heterocycles. The fourth-order valence-corrected chi connectivity index (χ4v) is 2.91. The van der Waals surface area contributed by atoms with Crippen molar-refractivity contribution in [2.75, 3.05) is 13.2 Å². The Hall–Kier alpha value is -1.22. The van der Waals surface area contributed by atoms with E-state index in [1.54, 1.807) is 0 Å². The summed E-state index contributed by atoms with van der Waals surface area (Å²) in [7, 11) is 0. The normalized spacial score (nSPS) is 15.9. The van der Waals surface area contributed by atoms with Crippen LogP contribution in [0.4, 0.5) is 0 Å². The van der Waals surface area contributed by atoms with E-state index in [2.05, 4.69) is 5.32 Å². The van der Waals surface area contributed by atoms with Crippen LogP contribution in [0.5, 0.6) is 5.75 Å². The molecule has 0 bridgehead atoms. The Morgan fingerprint density at radius 1 is 1.35 bits per heavy atom. The number of carbonyl (C=O) groups excluding carboxylic acids is 1. The molecule has 0 aromatic heterocycles. The van der Waals surface area contributed by atoms with E-state index in [1.807, 2.05) is 25.1 Å². The van der Waals surface area contributed by atoms with Crippen LogP contribution in [-0.2, 0) is 4.79 Å². The predicted octanol–water partition coefficient (Wildman–Crippen LogP) is 3.72. The summed E-state index contributed by atoms with van der Waals surface area (Å²) in [6.45, 7) is 2.94. The number of halogens is 1. The number of para-hydroxylation sites is 1. The van der Waals surface area contributed by atoms with E-state index in [-0.39, 0.29) is 11.8 Å². The zero-order chi connectivity index (χ0) is 14.4. The van der Waals surface area contributed by atoms with Crippen molar-refractivity contribution in [3.8, 4) is 5.75 Å². The van der Waals surface area contributed by atoms with Crippen LogP contribution in [-0.4, -0.2) is 19.1 Å². The van der Waals surface area contributed by atoms with Crippen molar-refractivity contribution in [1.82, 2.24) is 5.32 Å². The Balaban J connectivity index is 1.72. The smallest absolute Gasteiger partial charge is 0.223 e. The van der Waals surface area contributed by atoms with E-state index in [0.717, 1.165) is 18.4 Å². The SMILES string of the molecule is Cc1cccc(Cl)c1OCCNC(=O)C1CCCCC1. The third-order valence-corrected chi connectivity index (χ3v) is 4.09. The number of hydrogen-bond acceptors (Lipinski definition) is 2. The topological polar surface area (TPSA) is 38.3 Å². The molecular weight excluding hydrogens is 274 g/mol. The Morgan fingerprint density at radius 3 is 2.80 bits per heavy atom. The standard InChI is InChI=1S/C16H22ClNO2/c1-12-6-5-9-14(17)15(12)20-11-10-18-16(19)13-7-3-2-4-8-13/h5-6,9,13H,2-4,7-8,10-11H2,1H3,(H,18,19). The lowest BCUT2D eigenvalue weighted by Gasteiger charge is -2.20. The first kappa shape index (κ1) is 15.2. The van der Waals surface area contributed by atoms with Gasteiger partial charge in [0.15, 0.2) is 0 Å². The Bertz CT molecular complexity index is 436. The van der Waals surface area contributed by atoms with Crippen molar-refractivity contribution in [2.45, 2.75) is 39.0 Å². The summed E-state index contributed by atoms with van der Waals surface area (Å²) < 4.78 is 5.66. The van der Waals surface area contributed by atoms with Crippen molar-refractivity contribution in [3.05, 3.63) is 28.8 Å². The highest BCUT2D eigenvalue weighted by Gasteiger charge is 2.20. The van der Waals surface area contributed by atoms with Crippen LogP contribution in [0.1, 0.15) is 37.7 Å². The molecule has 1 amide bonds. The maximum Gasteiger partial charge on any atom is 0.223 e. The fraction of sp³-hybridized carbons (Fsp3) is 0.562. The molecule has 0 aliphatic heterocycles. The third kappa shape index (κ3) is 4.14. The summed E-state index contributed by atoms with van der Waals surface area (Å²) in [4.78, 5) is 12.0. The summed E-state index contributed by atoms with van der Waals surface area (Å²) in [6, 6.07) is 5.67. The predicted molar refractivity (Wildman–Crippen MR) is 81.3 cm³/mol. The molecular formula is C16H22ClNO2. The molecule has 1 aliphatic rings. The highest BCUT2D eigenvalue weighted by atomic mass is 35.5. The average molecular weight is 296 g/mol. The van der Waals surface area contributed by atoms with Gasteiger partial charge in [0.05, 0.1) is 11.6 Å². The van der Waals surface area contributed by atoms with Gasteiger partial charge in [-0.05, 0) is 31.4 Å². The van der Waals surface area contributed by atoms with Gasteiger partial charge in [0.25, 0.3) is 0 Å². The summed E-state index contributed by atoms with van der Waals surface area (Å²) in [6.07, 6.45) is 5.66. The molecule has 0 unspecified atom stereocenters. The highest BCUT2D eigenvalue weighted by molar-refractivity contribution is 6.32. The maximum absolute atomic E-state index is 12.0. The lowest BCUT2D eigenvalue weighted by Crippen LogP contribution is -2.34. The van der Waals surface area contributed by atoms with Gasteiger partial charge < -0.3 is 10.1 Å². The monoisotopic (exact) mass is 295 g/mol. The van der Waals surface area contributed by atoms with E-state index in [1.165, 1.54) is 19.3 Å². The molecule has 1 aromatic rings. The molecule has 0 atom stereocenters. The van der Waals surface area contributed by atoms with E-state index in [9.17, 15) is 4.79 Å². The molecule has 1 aliphatic carbocycles. The van der Waals surface area contributed by atoms with E-state index in [0.29, 0.717) is 23.9 Å². The molecule has 1 N–H and O–H groups in total. The molecule has 1 fully saturated rings. The van der Waals surface area contributed by atoms with E-state index < -0.39 is 0 Å². The molecule has 0 radical (unpaired) electrons. The zero-order valence-corrected chi connectivity index (χ0v) is 12.7. The first-order valence-electron chi connectivity index (χ1n) is 7.34. The number of aryl methyl sites for hydroxylation is 1. The van der Waals surface area contributed by atoms with Gasteiger partial charge in [-0.2, -0.15) is 0 Å². The maximum atomic E-state index is 12.0. The van der Waals surface area contributed by atoms with Crippen molar-refractivity contribution in [2.24, 2.45) is 5.92 Å². The Morgan fingerprint density at radius 2 is 2.10 bits per heavy atom. The quantitative estimate of drug-likeness (QED) is 0.841. The van der Waals surface area contributed by atoms with Crippen LogP contribution in [0.2, 0.25) is 5.02 Å². The summed E-state index contributed by atoms with van der Waals surface area (Å²) in [5, 5.41) is 3.57. The molecule has 1 aromatic carbocycles. The van der Waals surface area contributed by atoms with Gasteiger partial charge in [-0.1, -0.05) is 43.0 Å².